The van der Waals surface area contributed by atoms with Gasteiger partial charge in [0.15, 0.2) is 0 Å². The van der Waals surface area contributed by atoms with E-state index in [2.05, 4.69) is 10.3 Å². The minimum atomic E-state index is 0.161. The van der Waals surface area contributed by atoms with Crippen molar-refractivity contribution < 1.29 is 5.21 Å². The van der Waals surface area contributed by atoms with Gasteiger partial charge in [0, 0.05) is 11.8 Å². The molecule has 4 heteroatoms. The average molecular weight is 229 g/mol. The van der Waals surface area contributed by atoms with Crippen molar-refractivity contribution in [2.45, 2.75) is 13.8 Å². The van der Waals surface area contributed by atoms with Gasteiger partial charge in [0.05, 0.1) is 17.6 Å². The number of rotatable bonds is 3. The Morgan fingerprint density at radius 3 is 2.59 bits per heavy atom. The highest BCUT2D eigenvalue weighted by Gasteiger charge is 2.11. The second kappa shape index (κ2) is 4.82. The van der Waals surface area contributed by atoms with E-state index in [0.29, 0.717) is 5.71 Å². The van der Waals surface area contributed by atoms with Gasteiger partial charge in [-0.15, -0.1) is 0 Å². The Hall–Kier alpha value is -2.10. The monoisotopic (exact) mass is 229 g/mol. The Bertz CT molecular complexity index is 514. The molecular formula is C13H15N3O. The summed E-state index contributed by atoms with van der Waals surface area (Å²) in [6.07, 6.45) is 3.58. The van der Waals surface area contributed by atoms with Gasteiger partial charge in [-0.25, -0.2) is 4.68 Å². The van der Waals surface area contributed by atoms with Crippen LogP contribution in [0.1, 0.15) is 19.4 Å². The normalized spacial score (nSPS) is 12.1. The van der Waals surface area contributed by atoms with Crippen LogP contribution in [-0.4, -0.2) is 20.7 Å². The van der Waals surface area contributed by atoms with E-state index >= 15 is 0 Å². The molecule has 0 saturated heterocycles. The van der Waals surface area contributed by atoms with Gasteiger partial charge < -0.3 is 5.21 Å². The van der Waals surface area contributed by atoms with Gasteiger partial charge in [0.1, 0.15) is 0 Å². The molecule has 0 amide bonds. The average Bonchev–Trinajstić information content (AvgIpc) is 2.80. The zero-order valence-corrected chi connectivity index (χ0v) is 9.91. The molecule has 2 aromatic rings. The summed E-state index contributed by atoms with van der Waals surface area (Å²) in [7, 11) is 0. The van der Waals surface area contributed by atoms with Crippen molar-refractivity contribution in [1.29, 1.82) is 0 Å². The largest absolute Gasteiger partial charge is 0.411 e. The summed E-state index contributed by atoms with van der Waals surface area (Å²) in [4.78, 5) is 0. The number of hydrogen-bond donors (Lipinski definition) is 1. The third-order valence-corrected chi connectivity index (χ3v) is 2.55. The number of nitrogens with zero attached hydrogens (tertiary/aromatic N) is 3. The molecular weight excluding hydrogens is 214 g/mol. The zero-order valence-electron chi connectivity index (χ0n) is 9.91. The SMILES string of the molecule is CC(C)/C(=N\O)c1cnn(-c2ccccc2)c1. The highest BCUT2D eigenvalue weighted by Crippen LogP contribution is 2.12. The molecule has 0 bridgehead atoms. The lowest BCUT2D eigenvalue weighted by molar-refractivity contribution is 0.316. The molecule has 0 radical (unpaired) electrons. The number of oxime groups is 1. The molecule has 1 N–H and O–H groups in total. The number of benzene rings is 1. The van der Waals surface area contributed by atoms with Crippen LogP contribution in [0, 0.1) is 5.92 Å². The summed E-state index contributed by atoms with van der Waals surface area (Å²) in [6.45, 7) is 3.96. The minimum Gasteiger partial charge on any atom is -0.411 e. The van der Waals surface area contributed by atoms with Crippen molar-refractivity contribution in [3.63, 3.8) is 0 Å². The highest BCUT2D eigenvalue weighted by atomic mass is 16.4. The lowest BCUT2D eigenvalue weighted by atomic mass is 10.0. The van der Waals surface area contributed by atoms with E-state index in [0.717, 1.165) is 11.3 Å². The van der Waals surface area contributed by atoms with E-state index in [-0.39, 0.29) is 5.92 Å². The second-order valence-electron chi connectivity index (χ2n) is 4.15. The van der Waals surface area contributed by atoms with Gasteiger partial charge in [-0.2, -0.15) is 5.10 Å². The number of aromatic nitrogens is 2. The molecule has 0 fully saturated rings. The van der Waals surface area contributed by atoms with E-state index in [1.807, 2.05) is 50.4 Å². The van der Waals surface area contributed by atoms with Crippen molar-refractivity contribution >= 4 is 5.71 Å². The van der Waals surface area contributed by atoms with Gasteiger partial charge in [-0.3, -0.25) is 0 Å². The van der Waals surface area contributed by atoms with E-state index in [1.165, 1.54) is 0 Å². The summed E-state index contributed by atoms with van der Waals surface area (Å²) in [6, 6.07) is 9.83. The van der Waals surface area contributed by atoms with Crippen molar-refractivity contribution in [2.24, 2.45) is 11.1 Å². The fraction of sp³-hybridized carbons (Fsp3) is 0.231. The Labute approximate surface area is 100 Å². The first kappa shape index (κ1) is 11.4. The predicted octanol–water partition coefficient (Wildman–Crippen LogP) is 2.71. The molecule has 88 valence electrons. The van der Waals surface area contributed by atoms with Crippen molar-refractivity contribution in [3.05, 3.63) is 48.3 Å². The topological polar surface area (TPSA) is 50.4 Å². The molecule has 0 aliphatic heterocycles. The zero-order chi connectivity index (χ0) is 12.3. The van der Waals surface area contributed by atoms with E-state index < -0.39 is 0 Å². The number of para-hydroxylation sites is 1. The molecule has 0 unspecified atom stereocenters. The summed E-state index contributed by atoms with van der Waals surface area (Å²) >= 11 is 0. The standard InChI is InChI=1S/C13H15N3O/c1-10(2)13(15-17)11-8-14-16(9-11)12-6-4-3-5-7-12/h3-10,17H,1-2H3/b15-13+. The smallest absolute Gasteiger partial charge is 0.0924 e. The van der Waals surface area contributed by atoms with Crippen LogP contribution in [0.25, 0.3) is 5.69 Å². The minimum absolute atomic E-state index is 0.161. The van der Waals surface area contributed by atoms with Crippen LogP contribution in [0.15, 0.2) is 47.9 Å². The molecule has 17 heavy (non-hydrogen) atoms. The third kappa shape index (κ3) is 2.36. The van der Waals surface area contributed by atoms with Crippen molar-refractivity contribution in [3.8, 4) is 5.69 Å². The molecule has 1 aromatic heterocycles. The van der Waals surface area contributed by atoms with Crippen LogP contribution in [0.2, 0.25) is 0 Å². The Balaban J connectivity index is 2.34. The maximum Gasteiger partial charge on any atom is 0.0924 e. The first-order chi connectivity index (χ1) is 8.22. The quantitative estimate of drug-likeness (QED) is 0.500. The predicted molar refractivity (Wildman–Crippen MR) is 66.7 cm³/mol. The van der Waals surface area contributed by atoms with Crippen LogP contribution < -0.4 is 0 Å². The van der Waals surface area contributed by atoms with Crippen LogP contribution in [0.3, 0.4) is 0 Å². The van der Waals surface area contributed by atoms with Gasteiger partial charge in [-0.1, -0.05) is 37.2 Å². The third-order valence-electron chi connectivity index (χ3n) is 2.55. The Morgan fingerprint density at radius 2 is 2.00 bits per heavy atom. The first-order valence-electron chi connectivity index (χ1n) is 5.55. The summed E-state index contributed by atoms with van der Waals surface area (Å²) < 4.78 is 1.77. The summed E-state index contributed by atoms with van der Waals surface area (Å²) in [5.74, 6) is 0.161. The van der Waals surface area contributed by atoms with Crippen molar-refractivity contribution in [2.75, 3.05) is 0 Å². The van der Waals surface area contributed by atoms with Crippen molar-refractivity contribution in [1.82, 2.24) is 9.78 Å². The molecule has 0 aliphatic carbocycles. The second-order valence-corrected chi connectivity index (χ2v) is 4.15. The first-order valence-corrected chi connectivity index (χ1v) is 5.55. The van der Waals surface area contributed by atoms with Gasteiger partial charge in [0.2, 0.25) is 0 Å². The molecule has 0 saturated carbocycles. The number of hydrogen-bond acceptors (Lipinski definition) is 3. The lowest BCUT2D eigenvalue weighted by Crippen LogP contribution is -2.08. The van der Waals surface area contributed by atoms with Crippen LogP contribution in [0.5, 0.6) is 0 Å². The molecule has 0 spiro atoms. The van der Waals surface area contributed by atoms with Gasteiger partial charge in [-0.05, 0) is 18.1 Å². The lowest BCUT2D eigenvalue weighted by Gasteiger charge is -2.04. The molecule has 0 atom stereocenters. The molecule has 1 aromatic carbocycles. The van der Waals surface area contributed by atoms with Gasteiger partial charge in [0.25, 0.3) is 0 Å². The van der Waals surface area contributed by atoms with E-state index in [1.54, 1.807) is 10.9 Å². The molecule has 2 rings (SSSR count). The van der Waals surface area contributed by atoms with Gasteiger partial charge >= 0.3 is 0 Å². The van der Waals surface area contributed by atoms with Crippen LogP contribution in [0.4, 0.5) is 0 Å². The summed E-state index contributed by atoms with van der Waals surface area (Å²) in [5, 5.41) is 16.6. The Kier molecular flexibility index (Phi) is 3.23. The van der Waals surface area contributed by atoms with Crippen LogP contribution >= 0.6 is 0 Å². The fourth-order valence-electron chi connectivity index (χ4n) is 1.68. The summed E-state index contributed by atoms with van der Waals surface area (Å²) in [5.41, 5.74) is 2.47. The Morgan fingerprint density at radius 1 is 1.29 bits per heavy atom. The molecule has 0 aliphatic rings. The molecule has 4 nitrogen and oxygen atoms in total. The van der Waals surface area contributed by atoms with E-state index in [9.17, 15) is 0 Å². The highest BCUT2D eigenvalue weighted by molar-refractivity contribution is 6.01. The van der Waals surface area contributed by atoms with E-state index in [4.69, 9.17) is 5.21 Å². The maximum absolute atomic E-state index is 8.98. The molecule has 1 heterocycles. The van der Waals surface area contributed by atoms with Crippen LogP contribution in [-0.2, 0) is 0 Å². The fourth-order valence-corrected chi connectivity index (χ4v) is 1.68. The maximum atomic E-state index is 8.98.